The van der Waals surface area contributed by atoms with Gasteiger partial charge in [0.1, 0.15) is 5.75 Å². The van der Waals surface area contributed by atoms with Crippen LogP contribution in [-0.2, 0) is 17.8 Å². The van der Waals surface area contributed by atoms with Crippen LogP contribution in [0.3, 0.4) is 0 Å². The molecule has 0 radical (unpaired) electrons. The van der Waals surface area contributed by atoms with E-state index >= 15 is 0 Å². The van der Waals surface area contributed by atoms with Crippen molar-refractivity contribution in [3.8, 4) is 17.0 Å². The summed E-state index contributed by atoms with van der Waals surface area (Å²) in [5, 5.41) is 8.18. The Hall–Kier alpha value is -3.12. The Morgan fingerprint density at radius 3 is 2.68 bits per heavy atom. The van der Waals surface area contributed by atoms with E-state index in [9.17, 15) is 9.59 Å². The van der Waals surface area contributed by atoms with Crippen molar-refractivity contribution < 1.29 is 14.3 Å². The fraction of sp³-hybridized carbons (Fsp3) is 0.190. The van der Waals surface area contributed by atoms with Gasteiger partial charge in [-0.3, -0.25) is 14.7 Å². The minimum absolute atomic E-state index is 0.0710. The maximum absolute atomic E-state index is 12.9. The van der Waals surface area contributed by atoms with Crippen LogP contribution < -0.4 is 4.74 Å². The predicted molar refractivity (Wildman–Crippen MR) is 105 cm³/mol. The number of nitrogens with zero attached hydrogens (tertiary/aromatic N) is 2. The number of hydrogen-bond donors (Lipinski definition) is 1. The number of hydrogen-bond acceptors (Lipinski definition) is 4. The van der Waals surface area contributed by atoms with Gasteiger partial charge in [-0.1, -0.05) is 23.7 Å². The molecule has 142 valence electrons. The van der Waals surface area contributed by atoms with Crippen molar-refractivity contribution in [1.82, 2.24) is 15.1 Å². The first kappa shape index (κ1) is 18.3. The number of benzene rings is 2. The van der Waals surface area contributed by atoms with Crippen LogP contribution in [0.5, 0.6) is 5.75 Å². The first-order valence-electron chi connectivity index (χ1n) is 8.91. The molecule has 7 heteroatoms. The van der Waals surface area contributed by atoms with E-state index in [-0.39, 0.29) is 5.91 Å². The number of esters is 1. The van der Waals surface area contributed by atoms with Gasteiger partial charge in [0.2, 0.25) is 0 Å². The van der Waals surface area contributed by atoms with Gasteiger partial charge in [-0.2, -0.15) is 5.10 Å². The highest BCUT2D eigenvalue weighted by molar-refractivity contribution is 6.30. The number of amides is 1. The molecule has 6 nitrogen and oxygen atoms in total. The third-order valence-corrected chi connectivity index (χ3v) is 4.92. The highest BCUT2D eigenvalue weighted by atomic mass is 35.5. The van der Waals surface area contributed by atoms with Crippen molar-refractivity contribution in [1.29, 1.82) is 0 Å². The summed E-state index contributed by atoms with van der Waals surface area (Å²) in [4.78, 5) is 25.8. The van der Waals surface area contributed by atoms with Gasteiger partial charge in [0.05, 0.1) is 5.69 Å². The highest BCUT2D eigenvalue weighted by Crippen LogP contribution is 2.30. The van der Waals surface area contributed by atoms with Crippen molar-refractivity contribution in [3.63, 3.8) is 0 Å². The van der Waals surface area contributed by atoms with Crippen LogP contribution in [0.1, 0.15) is 28.5 Å². The molecule has 1 aliphatic heterocycles. The van der Waals surface area contributed by atoms with Gasteiger partial charge in [0.25, 0.3) is 5.91 Å². The summed E-state index contributed by atoms with van der Waals surface area (Å²) in [6, 6.07) is 14.1. The van der Waals surface area contributed by atoms with Crippen LogP contribution in [0.4, 0.5) is 0 Å². The van der Waals surface area contributed by atoms with Gasteiger partial charge in [0, 0.05) is 53.8 Å². The smallest absolute Gasteiger partial charge is 0.308 e. The van der Waals surface area contributed by atoms with Gasteiger partial charge >= 0.3 is 5.97 Å². The predicted octanol–water partition coefficient (Wildman–Crippen LogP) is 3.85. The maximum Gasteiger partial charge on any atom is 0.308 e. The molecule has 0 atom stereocenters. The van der Waals surface area contributed by atoms with E-state index in [0.717, 1.165) is 22.5 Å². The molecule has 2 heterocycles. The molecule has 0 aliphatic carbocycles. The Balaban J connectivity index is 1.56. The molecule has 1 N–H and O–H groups in total. The summed E-state index contributed by atoms with van der Waals surface area (Å²) in [5.74, 6) is -0.0440. The second kappa shape index (κ2) is 7.48. The largest absolute Gasteiger partial charge is 0.427 e. The summed E-state index contributed by atoms with van der Waals surface area (Å²) in [6.45, 7) is 2.42. The molecule has 4 rings (SSSR count). The highest BCUT2D eigenvalue weighted by Gasteiger charge is 2.26. The van der Waals surface area contributed by atoms with Gasteiger partial charge in [-0.05, 0) is 36.4 Å². The van der Waals surface area contributed by atoms with Gasteiger partial charge in [0.15, 0.2) is 0 Å². The molecule has 0 unspecified atom stereocenters. The Morgan fingerprint density at radius 2 is 1.96 bits per heavy atom. The quantitative estimate of drug-likeness (QED) is 0.539. The zero-order chi connectivity index (χ0) is 19.7. The van der Waals surface area contributed by atoms with E-state index in [4.69, 9.17) is 16.3 Å². The molecule has 2 aromatic carbocycles. The lowest BCUT2D eigenvalue weighted by Gasteiger charge is -2.27. The van der Waals surface area contributed by atoms with Crippen molar-refractivity contribution in [2.75, 3.05) is 6.54 Å². The van der Waals surface area contributed by atoms with E-state index in [1.54, 1.807) is 29.2 Å². The Morgan fingerprint density at radius 1 is 1.18 bits per heavy atom. The zero-order valence-electron chi connectivity index (χ0n) is 15.2. The zero-order valence-corrected chi connectivity index (χ0v) is 16.0. The van der Waals surface area contributed by atoms with E-state index in [2.05, 4.69) is 10.2 Å². The molecule has 1 aromatic heterocycles. The van der Waals surface area contributed by atoms with Crippen LogP contribution >= 0.6 is 11.6 Å². The summed E-state index contributed by atoms with van der Waals surface area (Å²) in [7, 11) is 0. The van der Waals surface area contributed by atoms with Crippen LogP contribution in [-0.4, -0.2) is 33.5 Å². The number of carbonyl (C=O) groups is 2. The average molecular weight is 396 g/mol. The summed E-state index contributed by atoms with van der Waals surface area (Å²) >= 11 is 6.11. The number of fused-ring (bicyclic) bond motifs is 1. The van der Waals surface area contributed by atoms with Crippen molar-refractivity contribution in [3.05, 3.63) is 70.4 Å². The van der Waals surface area contributed by atoms with E-state index in [0.29, 0.717) is 35.8 Å². The molecule has 0 saturated carbocycles. The third kappa shape index (κ3) is 3.64. The summed E-state index contributed by atoms with van der Waals surface area (Å²) < 4.78 is 5.02. The number of aromatic amines is 1. The lowest BCUT2D eigenvalue weighted by Crippen LogP contribution is -2.35. The number of halogens is 1. The van der Waals surface area contributed by atoms with Gasteiger partial charge in [-0.25, -0.2) is 0 Å². The van der Waals surface area contributed by atoms with Gasteiger partial charge in [-0.15, -0.1) is 0 Å². The fourth-order valence-corrected chi connectivity index (χ4v) is 3.55. The second-order valence-corrected chi connectivity index (χ2v) is 7.07. The lowest BCUT2D eigenvalue weighted by molar-refractivity contribution is -0.131. The minimum Gasteiger partial charge on any atom is -0.427 e. The first-order chi connectivity index (χ1) is 13.5. The van der Waals surface area contributed by atoms with Crippen molar-refractivity contribution in [2.45, 2.75) is 19.9 Å². The maximum atomic E-state index is 12.9. The molecule has 0 saturated heterocycles. The molecule has 1 amide bonds. The molecule has 3 aromatic rings. The van der Waals surface area contributed by atoms with Crippen molar-refractivity contribution >= 4 is 23.5 Å². The minimum atomic E-state index is -0.392. The first-order valence-corrected chi connectivity index (χ1v) is 9.29. The topological polar surface area (TPSA) is 75.3 Å². The molecule has 1 aliphatic rings. The average Bonchev–Trinajstić information content (AvgIpc) is 3.11. The Labute approximate surface area is 167 Å². The molecular formula is C21H18ClN3O3. The number of nitrogens with one attached hydrogen (secondary N) is 1. The van der Waals surface area contributed by atoms with Crippen molar-refractivity contribution in [2.24, 2.45) is 0 Å². The Bertz CT molecular complexity index is 1040. The number of ether oxygens (including phenoxy) is 1. The molecular weight excluding hydrogens is 378 g/mol. The molecule has 0 spiro atoms. The van der Waals surface area contributed by atoms with E-state index in [1.165, 1.54) is 6.92 Å². The number of rotatable bonds is 3. The lowest BCUT2D eigenvalue weighted by atomic mass is 10.0. The van der Waals surface area contributed by atoms with Crippen LogP contribution in [0.25, 0.3) is 11.3 Å². The summed E-state index contributed by atoms with van der Waals surface area (Å²) in [6.07, 6.45) is 0.709. The summed E-state index contributed by atoms with van der Waals surface area (Å²) in [5.41, 5.74) is 4.35. The van der Waals surface area contributed by atoms with Crippen LogP contribution in [0, 0.1) is 0 Å². The standard InChI is InChI=1S/C21H18ClN3O3/c1-13(26)28-17-7-5-14(6-8-17)21(27)25-10-9-19-18(12-25)20(24-23-19)15-3-2-4-16(22)11-15/h2-8,11H,9-10,12H2,1H3,(H,23,24). The van der Waals surface area contributed by atoms with E-state index in [1.807, 2.05) is 24.3 Å². The SMILES string of the molecule is CC(=O)Oc1ccc(C(=O)N2CCc3[nH]nc(-c4cccc(Cl)c4)c3C2)cc1. The number of carbonyl (C=O) groups excluding carboxylic acids is 2. The number of aromatic nitrogens is 2. The second-order valence-electron chi connectivity index (χ2n) is 6.63. The third-order valence-electron chi connectivity index (χ3n) is 4.68. The number of H-pyrrole nitrogens is 1. The van der Waals surface area contributed by atoms with E-state index < -0.39 is 5.97 Å². The van der Waals surface area contributed by atoms with Gasteiger partial charge < -0.3 is 9.64 Å². The molecule has 0 bridgehead atoms. The monoisotopic (exact) mass is 395 g/mol. The molecule has 28 heavy (non-hydrogen) atoms. The van der Waals surface area contributed by atoms with Crippen LogP contribution in [0.2, 0.25) is 5.02 Å². The molecule has 0 fully saturated rings. The van der Waals surface area contributed by atoms with Crippen LogP contribution in [0.15, 0.2) is 48.5 Å². The fourth-order valence-electron chi connectivity index (χ4n) is 3.36. The Kier molecular flexibility index (Phi) is 4.88. The normalized spacial score (nSPS) is 13.1.